The lowest BCUT2D eigenvalue weighted by Gasteiger charge is -2.10. The number of nitrogens with two attached hydrogens (primary N) is 1. The van der Waals surface area contributed by atoms with Gasteiger partial charge in [-0.15, -0.1) is 0 Å². The Morgan fingerprint density at radius 3 is 2.76 bits per heavy atom. The van der Waals surface area contributed by atoms with Gasteiger partial charge in [-0.1, -0.05) is 11.6 Å². The first-order chi connectivity index (χ1) is 10.0. The molecule has 2 aromatic carbocycles. The van der Waals surface area contributed by atoms with Gasteiger partial charge in [0.1, 0.15) is 18.2 Å². The summed E-state index contributed by atoms with van der Waals surface area (Å²) >= 11 is 5.92. The Morgan fingerprint density at radius 2 is 2.10 bits per heavy atom. The van der Waals surface area contributed by atoms with Crippen molar-refractivity contribution in [2.45, 2.75) is 13.5 Å². The van der Waals surface area contributed by atoms with Gasteiger partial charge in [-0.05, 0) is 48.9 Å². The number of carbonyl (C=O) groups excluding carboxylic acids is 1. The molecule has 0 spiro atoms. The summed E-state index contributed by atoms with van der Waals surface area (Å²) in [6, 6.07) is 9.13. The summed E-state index contributed by atoms with van der Waals surface area (Å²) in [4.78, 5) is 11.4. The molecule has 4 nitrogen and oxygen atoms in total. The van der Waals surface area contributed by atoms with Crippen molar-refractivity contribution < 1.29 is 13.9 Å². The van der Waals surface area contributed by atoms with Crippen LogP contribution < -0.4 is 16.0 Å². The standard InChI is InChI=1S/C15H14ClFN2O2/c1-9-6-12(3-4-13(9)16)21-8-11-7-10(15(20)19-18)2-5-14(11)17/h2-7H,8,18H2,1H3,(H,19,20). The molecule has 0 aromatic heterocycles. The highest BCUT2D eigenvalue weighted by atomic mass is 35.5. The molecule has 0 saturated carbocycles. The summed E-state index contributed by atoms with van der Waals surface area (Å²) in [5, 5.41) is 0.634. The molecule has 2 rings (SSSR count). The summed E-state index contributed by atoms with van der Waals surface area (Å²) in [6.45, 7) is 1.85. The fraction of sp³-hybridized carbons (Fsp3) is 0.133. The largest absolute Gasteiger partial charge is 0.489 e. The van der Waals surface area contributed by atoms with Crippen LogP contribution in [0.1, 0.15) is 21.5 Å². The van der Waals surface area contributed by atoms with E-state index in [2.05, 4.69) is 0 Å². The predicted molar refractivity (Wildman–Crippen MR) is 78.6 cm³/mol. The van der Waals surface area contributed by atoms with Crippen LogP contribution in [0.2, 0.25) is 5.02 Å². The Bertz CT molecular complexity index is 677. The van der Waals surface area contributed by atoms with Crippen molar-refractivity contribution in [1.82, 2.24) is 5.43 Å². The van der Waals surface area contributed by atoms with E-state index in [-0.39, 0.29) is 17.7 Å². The molecule has 0 saturated heterocycles. The number of benzene rings is 2. The predicted octanol–water partition coefficient (Wildman–Crippen LogP) is 2.97. The number of ether oxygens (including phenoxy) is 1. The van der Waals surface area contributed by atoms with E-state index < -0.39 is 11.7 Å². The van der Waals surface area contributed by atoms with Gasteiger partial charge in [-0.2, -0.15) is 0 Å². The van der Waals surface area contributed by atoms with Crippen molar-refractivity contribution >= 4 is 17.5 Å². The number of nitrogens with one attached hydrogen (secondary N) is 1. The summed E-state index contributed by atoms with van der Waals surface area (Å²) in [5.41, 5.74) is 3.40. The van der Waals surface area contributed by atoms with Crippen molar-refractivity contribution in [3.63, 3.8) is 0 Å². The van der Waals surface area contributed by atoms with Gasteiger partial charge in [-0.25, -0.2) is 10.2 Å². The fourth-order valence-electron chi connectivity index (χ4n) is 1.78. The number of amides is 1. The number of hydrogen-bond donors (Lipinski definition) is 2. The van der Waals surface area contributed by atoms with Crippen LogP contribution in [0.4, 0.5) is 4.39 Å². The van der Waals surface area contributed by atoms with E-state index in [1.54, 1.807) is 18.2 Å². The molecule has 0 radical (unpaired) electrons. The first-order valence-corrected chi connectivity index (χ1v) is 6.57. The van der Waals surface area contributed by atoms with Crippen molar-refractivity contribution in [3.05, 3.63) is 63.9 Å². The second-order valence-electron chi connectivity index (χ2n) is 4.48. The summed E-state index contributed by atoms with van der Waals surface area (Å²) in [6.07, 6.45) is 0. The Kier molecular flexibility index (Phi) is 4.77. The molecule has 1 amide bonds. The minimum Gasteiger partial charge on any atom is -0.489 e. The molecule has 0 unspecified atom stereocenters. The first-order valence-electron chi connectivity index (χ1n) is 6.19. The maximum atomic E-state index is 13.7. The van der Waals surface area contributed by atoms with Gasteiger partial charge in [-0.3, -0.25) is 10.2 Å². The smallest absolute Gasteiger partial charge is 0.265 e. The number of hydrogen-bond acceptors (Lipinski definition) is 3. The lowest BCUT2D eigenvalue weighted by molar-refractivity contribution is 0.0953. The third-order valence-electron chi connectivity index (χ3n) is 2.96. The molecule has 6 heteroatoms. The Morgan fingerprint density at radius 1 is 1.33 bits per heavy atom. The number of nitrogen functional groups attached to an aromatic ring is 1. The number of aryl methyl sites for hydroxylation is 1. The SMILES string of the molecule is Cc1cc(OCc2cc(C(=O)NN)ccc2F)ccc1Cl. The molecule has 110 valence electrons. The Hall–Kier alpha value is -2.11. The average Bonchev–Trinajstić information content (AvgIpc) is 2.49. The molecule has 0 heterocycles. The molecule has 3 N–H and O–H groups in total. The maximum absolute atomic E-state index is 13.7. The third-order valence-corrected chi connectivity index (χ3v) is 3.39. The lowest BCUT2D eigenvalue weighted by atomic mass is 10.1. The van der Waals surface area contributed by atoms with Crippen LogP contribution in [0, 0.1) is 12.7 Å². The maximum Gasteiger partial charge on any atom is 0.265 e. The van der Waals surface area contributed by atoms with Crippen LogP contribution in [0.15, 0.2) is 36.4 Å². The van der Waals surface area contributed by atoms with Crippen LogP contribution in [-0.2, 0) is 6.61 Å². The van der Waals surface area contributed by atoms with E-state index in [9.17, 15) is 9.18 Å². The molecule has 0 aliphatic heterocycles. The van der Waals surface area contributed by atoms with E-state index in [1.165, 1.54) is 18.2 Å². The van der Waals surface area contributed by atoms with Crippen molar-refractivity contribution in [2.75, 3.05) is 0 Å². The quantitative estimate of drug-likeness (QED) is 0.518. The summed E-state index contributed by atoms with van der Waals surface area (Å²) in [7, 11) is 0. The van der Waals surface area contributed by atoms with Gasteiger partial charge in [0.25, 0.3) is 5.91 Å². The van der Waals surface area contributed by atoms with E-state index >= 15 is 0 Å². The minimum absolute atomic E-state index is 0.00139. The third kappa shape index (κ3) is 3.71. The number of halogens is 2. The molecule has 0 bridgehead atoms. The lowest BCUT2D eigenvalue weighted by Crippen LogP contribution is -2.30. The van der Waals surface area contributed by atoms with Crippen molar-refractivity contribution in [1.29, 1.82) is 0 Å². The molecular formula is C15H14ClFN2O2. The molecule has 0 aliphatic rings. The highest BCUT2D eigenvalue weighted by molar-refractivity contribution is 6.31. The van der Waals surface area contributed by atoms with E-state index in [1.807, 2.05) is 12.3 Å². The highest BCUT2D eigenvalue weighted by Crippen LogP contribution is 2.22. The van der Waals surface area contributed by atoms with Crippen LogP contribution in [0.3, 0.4) is 0 Å². The zero-order valence-corrected chi connectivity index (χ0v) is 12.1. The van der Waals surface area contributed by atoms with E-state index in [0.717, 1.165) is 5.56 Å². The Labute approximate surface area is 126 Å². The first kappa shape index (κ1) is 15.3. The topological polar surface area (TPSA) is 64.3 Å². The Balaban J connectivity index is 2.15. The van der Waals surface area contributed by atoms with E-state index in [4.69, 9.17) is 22.2 Å². The van der Waals surface area contributed by atoms with E-state index in [0.29, 0.717) is 10.8 Å². The number of rotatable bonds is 4. The summed E-state index contributed by atoms with van der Waals surface area (Å²) in [5.74, 6) is 4.69. The fourth-order valence-corrected chi connectivity index (χ4v) is 1.90. The van der Waals surface area contributed by atoms with Gasteiger partial charge in [0, 0.05) is 16.1 Å². The zero-order chi connectivity index (χ0) is 15.4. The molecule has 2 aromatic rings. The second-order valence-corrected chi connectivity index (χ2v) is 4.89. The average molecular weight is 309 g/mol. The van der Waals surface area contributed by atoms with Crippen LogP contribution in [-0.4, -0.2) is 5.91 Å². The van der Waals surface area contributed by atoms with Crippen LogP contribution >= 0.6 is 11.6 Å². The summed E-state index contributed by atoms with van der Waals surface area (Å²) < 4.78 is 19.2. The molecule has 0 atom stereocenters. The minimum atomic E-state index is -0.487. The van der Waals surface area contributed by atoms with Crippen LogP contribution in [0.25, 0.3) is 0 Å². The highest BCUT2D eigenvalue weighted by Gasteiger charge is 2.09. The second kappa shape index (κ2) is 6.56. The monoisotopic (exact) mass is 308 g/mol. The van der Waals surface area contributed by atoms with Gasteiger partial charge in [0.15, 0.2) is 0 Å². The molecule has 0 aliphatic carbocycles. The van der Waals surface area contributed by atoms with Gasteiger partial charge in [0.05, 0.1) is 0 Å². The number of carbonyl (C=O) groups is 1. The van der Waals surface area contributed by atoms with Crippen LogP contribution in [0.5, 0.6) is 5.75 Å². The molecular weight excluding hydrogens is 295 g/mol. The van der Waals surface area contributed by atoms with Gasteiger partial charge < -0.3 is 4.74 Å². The van der Waals surface area contributed by atoms with Crippen molar-refractivity contribution in [2.24, 2.45) is 5.84 Å². The van der Waals surface area contributed by atoms with Gasteiger partial charge in [0.2, 0.25) is 0 Å². The van der Waals surface area contributed by atoms with Gasteiger partial charge >= 0.3 is 0 Å². The zero-order valence-electron chi connectivity index (χ0n) is 11.3. The van der Waals surface area contributed by atoms with Crippen molar-refractivity contribution in [3.8, 4) is 5.75 Å². The molecule has 0 fully saturated rings. The normalized spacial score (nSPS) is 10.3. The number of hydrazine groups is 1. The molecule has 21 heavy (non-hydrogen) atoms.